The Morgan fingerprint density at radius 2 is 1.94 bits per heavy atom. The van der Waals surface area contributed by atoms with Crippen molar-refractivity contribution in [3.05, 3.63) is 35.4 Å². The third-order valence-corrected chi connectivity index (χ3v) is 4.46. The fourth-order valence-corrected chi connectivity index (χ4v) is 2.91. The summed E-state index contributed by atoms with van der Waals surface area (Å²) in [5, 5.41) is 0. The highest BCUT2D eigenvalue weighted by Gasteiger charge is 2.39. The molecule has 0 radical (unpaired) electrons. The third-order valence-electron chi connectivity index (χ3n) is 4.46. The van der Waals surface area contributed by atoms with Gasteiger partial charge in [0.05, 0.1) is 5.60 Å². The van der Waals surface area contributed by atoms with Crippen molar-refractivity contribution in [2.24, 2.45) is 5.73 Å². The van der Waals surface area contributed by atoms with Crippen molar-refractivity contribution in [1.29, 1.82) is 0 Å². The van der Waals surface area contributed by atoms with Gasteiger partial charge in [0.25, 0.3) is 0 Å². The molecule has 1 aliphatic carbocycles. The lowest BCUT2D eigenvalue weighted by molar-refractivity contribution is 0.0226. The maximum absolute atomic E-state index is 6.03. The van der Waals surface area contributed by atoms with E-state index >= 15 is 0 Å². The number of nitrogens with two attached hydrogens (primary N) is 1. The van der Waals surface area contributed by atoms with E-state index in [1.807, 2.05) is 0 Å². The normalized spacial score (nSPS) is 18.4. The van der Waals surface area contributed by atoms with E-state index < -0.39 is 0 Å². The van der Waals surface area contributed by atoms with Crippen LogP contribution in [0.1, 0.15) is 44.2 Å². The lowest BCUT2D eigenvalue weighted by Gasteiger charge is -2.43. The molecule has 18 heavy (non-hydrogen) atoms. The minimum absolute atomic E-state index is 0.115. The van der Waals surface area contributed by atoms with Crippen molar-refractivity contribution in [2.45, 2.75) is 50.5 Å². The summed E-state index contributed by atoms with van der Waals surface area (Å²) in [6, 6.07) is 8.74. The molecule has 0 unspecified atom stereocenters. The Bertz CT molecular complexity index is 402. The van der Waals surface area contributed by atoms with Gasteiger partial charge in [0.1, 0.15) is 0 Å². The topological polar surface area (TPSA) is 35.2 Å². The smallest absolute Gasteiger partial charge is 0.0663 e. The SMILES string of the molecule is COC(C)(C)Cc1ccccc1C1(CN)CCC1. The molecule has 1 aliphatic rings. The van der Waals surface area contributed by atoms with Crippen molar-refractivity contribution >= 4 is 0 Å². The zero-order valence-corrected chi connectivity index (χ0v) is 11.8. The first kappa shape index (κ1) is 13.6. The monoisotopic (exact) mass is 247 g/mol. The Balaban J connectivity index is 2.31. The molecular weight excluding hydrogens is 222 g/mol. The fourth-order valence-electron chi connectivity index (χ4n) is 2.91. The second kappa shape index (κ2) is 5.02. The Labute approximate surface area is 111 Å². The molecule has 0 bridgehead atoms. The number of ether oxygens (including phenoxy) is 1. The van der Waals surface area contributed by atoms with Crippen LogP contribution in [0.3, 0.4) is 0 Å². The van der Waals surface area contributed by atoms with Gasteiger partial charge in [0.2, 0.25) is 0 Å². The van der Waals surface area contributed by atoms with E-state index in [1.54, 1.807) is 7.11 Å². The summed E-state index contributed by atoms with van der Waals surface area (Å²) in [7, 11) is 1.78. The van der Waals surface area contributed by atoms with Crippen molar-refractivity contribution in [1.82, 2.24) is 0 Å². The van der Waals surface area contributed by atoms with Crippen LogP contribution >= 0.6 is 0 Å². The molecule has 2 rings (SSSR count). The molecule has 0 aliphatic heterocycles. The lowest BCUT2D eigenvalue weighted by atomic mass is 9.63. The minimum atomic E-state index is -0.115. The van der Waals surface area contributed by atoms with Gasteiger partial charge in [-0.25, -0.2) is 0 Å². The molecule has 0 aromatic heterocycles. The second-order valence-corrected chi connectivity index (χ2v) is 6.14. The van der Waals surface area contributed by atoms with Crippen molar-refractivity contribution in [2.75, 3.05) is 13.7 Å². The molecule has 2 nitrogen and oxygen atoms in total. The zero-order chi connectivity index (χ0) is 13.2. The first-order chi connectivity index (χ1) is 8.53. The molecule has 0 atom stereocenters. The highest BCUT2D eigenvalue weighted by atomic mass is 16.5. The molecule has 100 valence electrons. The Morgan fingerprint density at radius 3 is 2.44 bits per heavy atom. The third kappa shape index (κ3) is 2.45. The van der Waals surface area contributed by atoms with Crippen LogP contribution in [-0.4, -0.2) is 19.3 Å². The van der Waals surface area contributed by atoms with Crippen molar-refractivity contribution < 1.29 is 4.74 Å². The van der Waals surface area contributed by atoms with Gasteiger partial charge in [0, 0.05) is 25.5 Å². The molecule has 1 aromatic rings. The standard InChI is InChI=1S/C16H25NO/c1-15(2,18-3)11-13-7-4-5-8-14(13)16(12-17)9-6-10-16/h4-5,7-8H,6,9-12,17H2,1-3H3. The van der Waals surface area contributed by atoms with Gasteiger partial charge in [-0.05, 0) is 37.8 Å². The molecule has 1 saturated carbocycles. The average molecular weight is 247 g/mol. The summed E-state index contributed by atoms with van der Waals surface area (Å²) in [4.78, 5) is 0. The second-order valence-electron chi connectivity index (χ2n) is 6.14. The zero-order valence-electron chi connectivity index (χ0n) is 11.8. The van der Waals surface area contributed by atoms with E-state index in [4.69, 9.17) is 10.5 Å². The van der Waals surface area contributed by atoms with E-state index in [1.165, 1.54) is 30.4 Å². The van der Waals surface area contributed by atoms with Crippen LogP contribution < -0.4 is 5.73 Å². The van der Waals surface area contributed by atoms with Crippen LogP contribution in [0, 0.1) is 0 Å². The van der Waals surface area contributed by atoms with E-state index in [9.17, 15) is 0 Å². The maximum atomic E-state index is 6.03. The quantitative estimate of drug-likeness (QED) is 0.868. The molecular formula is C16H25NO. The molecule has 1 aromatic carbocycles. The average Bonchev–Trinajstić information content (AvgIpc) is 2.30. The number of methoxy groups -OCH3 is 1. The molecule has 0 heterocycles. The summed E-state index contributed by atoms with van der Waals surface area (Å²) in [6.07, 6.45) is 4.71. The number of rotatable bonds is 5. The van der Waals surface area contributed by atoms with Crippen LogP contribution in [0.5, 0.6) is 0 Å². The van der Waals surface area contributed by atoms with Crippen LogP contribution in [0.15, 0.2) is 24.3 Å². The highest BCUT2D eigenvalue weighted by molar-refractivity contribution is 5.37. The minimum Gasteiger partial charge on any atom is -0.378 e. The van der Waals surface area contributed by atoms with Crippen molar-refractivity contribution in [3.8, 4) is 0 Å². The Hall–Kier alpha value is -0.860. The molecule has 0 spiro atoms. The van der Waals surface area contributed by atoms with Gasteiger partial charge in [-0.1, -0.05) is 30.7 Å². The van der Waals surface area contributed by atoms with Gasteiger partial charge < -0.3 is 10.5 Å². The first-order valence-electron chi connectivity index (χ1n) is 6.87. The molecule has 2 N–H and O–H groups in total. The largest absolute Gasteiger partial charge is 0.378 e. The van der Waals surface area contributed by atoms with Gasteiger partial charge >= 0.3 is 0 Å². The van der Waals surface area contributed by atoms with Crippen LogP contribution in [0.2, 0.25) is 0 Å². The van der Waals surface area contributed by atoms with Gasteiger partial charge in [-0.3, -0.25) is 0 Å². The van der Waals surface area contributed by atoms with Crippen LogP contribution in [-0.2, 0) is 16.6 Å². The van der Waals surface area contributed by atoms with Crippen molar-refractivity contribution in [3.63, 3.8) is 0 Å². The van der Waals surface area contributed by atoms with Crippen LogP contribution in [0.25, 0.3) is 0 Å². The predicted molar refractivity (Wildman–Crippen MR) is 75.8 cm³/mol. The van der Waals surface area contributed by atoms with E-state index in [0.717, 1.165) is 13.0 Å². The lowest BCUT2D eigenvalue weighted by Crippen LogP contribution is -2.42. The maximum Gasteiger partial charge on any atom is 0.0663 e. The summed E-state index contributed by atoms with van der Waals surface area (Å²) in [5.41, 5.74) is 9.00. The fraction of sp³-hybridized carbons (Fsp3) is 0.625. The first-order valence-corrected chi connectivity index (χ1v) is 6.87. The molecule has 0 amide bonds. The number of hydrogen-bond acceptors (Lipinski definition) is 2. The summed E-state index contributed by atoms with van der Waals surface area (Å²) in [5.74, 6) is 0. The van der Waals surface area contributed by atoms with Gasteiger partial charge in [-0.15, -0.1) is 0 Å². The van der Waals surface area contributed by atoms with E-state index in [2.05, 4.69) is 38.1 Å². The molecule has 1 fully saturated rings. The van der Waals surface area contributed by atoms with Gasteiger partial charge in [0.15, 0.2) is 0 Å². The molecule has 2 heteroatoms. The number of benzene rings is 1. The highest BCUT2D eigenvalue weighted by Crippen LogP contribution is 2.44. The summed E-state index contributed by atoms with van der Waals surface area (Å²) in [6.45, 7) is 5.04. The predicted octanol–water partition coefficient (Wildman–Crippen LogP) is 3.03. The van der Waals surface area contributed by atoms with Gasteiger partial charge in [-0.2, -0.15) is 0 Å². The Morgan fingerprint density at radius 1 is 1.28 bits per heavy atom. The molecule has 0 saturated heterocycles. The number of hydrogen-bond donors (Lipinski definition) is 1. The van der Waals surface area contributed by atoms with Crippen LogP contribution in [0.4, 0.5) is 0 Å². The summed E-state index contributed by atoms with van der Waals surface area (Å²) >= 11 is 0. The van der Waals surface area contributed by atoms with E-state index in [-0.39, 0.29) is 11.0 Å². The Kier molecular flexibility index (Phi) is 3.79. The summed E-state index contributed by atoms with van der Waals surface area (Å²) < 4.78 is 5.56. The van der Waals surface area contributed by atoms with E-state index in [0.29, 0.717) is 0 Å².